The van der Waals surface area contributed by atoms with Crippen molar-refractivity contribution in [1.29, 1.82) is 0 Å². The molecule has 274 valence electrons. The van der Waals surface area contributed by atoms with Crippen molar-refractivity contribution in [3.8, 4) is 5.75 Å². The second-order valence-corrected chi connectivity index (χ2v) is 15.0. The van der Waals surface area contributed by atoms with Crippen molar-refractivity contribution < 1.29 is 56.8 Å². The van der Waals surface area contributed by atoms with Gasteiger partial charge in [0.05, 0.1) is 33.8 Å². The first-order valence-corrected chi connectivity index (χ1v) is 18.5. The molecular formula is C28H21ClF3N7O10S3. The van der Waals surface area contributed by atoms with E-state index in [9.17, 15) is 52.1 Å². The zero-order valence-corrected chi connectivity index (χ0v) is 29.2. The van der Waals surface area contributed by atoms with Crippen LogP contribution in [0.4, 0.5) is 47.8 Å². The Morgan fingerprint density at radius 3 is 2.04 bits per heavy atom. The highest BCUT2D eigenvalue weighted by atomic mass is 35.5. The van der Waals surface area contributed by atoms with E-state index < -0.39 is 79.4 Å². The molecule has 0 aliphatic rings. The summed E-state index contributed by atoms with van der Waals surface area (Å²) >= 11 is 6.08. The predicted molar refractivity (Wildman–Crippen MR) is 178 cm³/mol. The average molecular weight is 804 g/mol. The van der Waals surface area contributed by atoms with Gasteiger partial charge in [0.2, 0.25) is 17.2 Å². The number of rotatable bonds is 10. The van der Waals surface area contributed by atoms with Crippen LogP contribution in [0.5, 0.6) is 5.75 Å². The number of halogens is 4. The number of hydrogen-bond donors (Lipinski definition) is 5. The fourth-order valence-corrected chi connectivity index (χ4v) is 6.60. The smallest absolute Gasteiger partial charge is 0.416 e. The zero-order valence-electron chi connectivity index (χ0n) is 25.9. The van der Waals surface area contributed by atoms with Crippen LogP contribution in [-0.4, -0.2) is 61.0 Å². The molecule has 0 aliphatic carbocycles. The van der Waals surface area contributed by atoms with Gasteiger partial charge in [-0.2, -0.15) is 58.5 Å². The van der Waals surface area contributed by atoms with E-state index in [1.807, 2.05) is 0 Å². The molecule has 0 fully saturated rings. The molecular weight excluding hydrogens is 783 g/mol. The molecule has 1 heterocycles. The van der Waals surface area contributed by atoms with Crippen molar-refractivity contribution >= 4 is 87.4 Å². The standard InChI is InChI=1S/C28H21ClF3N7O10S3/c1-13-6-7-16(11-19(13)28(30,31)32)38-39-23-21(52(46,47)48)9-14-8-18(51(43,44)45)12-20(22(14)24(23)49-2)34-27-36-25(29)35-26(37-27)33-15-4-3-5-17(10-15)50(40,41)42/h3-12H,1-2H3,(H,40,41,42)(H,43,44,45)(H,46,47,48)(H2,33,34,35,36,37). The van der Waals surface area contributed by atoms with Gasteiger partial charge in [-0.25, -0.2) is 0 Å². The van der Waals surface area contributed by atoms with Crippen molar-refractivity contribution in [2.75, 3.05) is 17.7 Å². The summed E-state index contributed by atoms with van der Waals surface area (Å²) < 4.78 is 148. The van der Waals surface area contributed by atoms with Gasteiger partial charge >= 0.3 is 6.18 Å². The van der Waals surface area contributed by atoms with Crippen LogP contribution in [0.2, 0.25) is 5.28 Å². The molecule has 0 radical (unpaired) electrons. The lowest BCUT2D eigenvalue weighted by molar-refractivity contribution is -0.138. The van der Waals surface area contributed by atoms with Crippen LogP contribution in [-0.2, 0) is 36.5 Å². The molecule has 0 saturated heterocycles. The number of aryl methyl sites for hydroxylation is 1. The van der Waals surface area contributed by atoms with Crippen LogP contribution in [0.3, 0.4) is 0 Å². The maximum atomic E-state index is 13.5. The Morgan fingerprint density at radius 1 is 0.788 bits per heavy atom. The topological polar surface area (TPSA) is 260 Å². The highest BCUT2D eigenvalue weighted by Crippen LogP contribution is 2.46. The first-order valence-electron chi connectivity index (χ1n) is 13.8. The van der Waals surface area contributed by atoms with Gasteiger partial charge in [0.25, 0.3) is 30.4 Å². The first-order chi connectivity index (χ1) is 24.0. The zero-order chi connectivity index (χ0) is 38.4. The summed E-state index contributed by atoms with van der Waals surface area (Å²) in [6.07, 6.45) is -4.77. The molecule has 0 spiro atoms. The number of benzene rings is 4. The average Bonchev–Trinajstić information content (AvgIpc) is 3.01. The van der Waals surface area contributed by atoms with E-state index in [0.29, 0.717) is 6.07 Å². The third-order valence-electron chi connectivity index (χ3n) is 6.92. The normalized spacial score (nSPS) is 12.7. The Balaban J connectivity index is 1.71. The summed E-state index contributed by atoms with van der Waals surface area (Å²) in [5.41, 5.74) is -2.55. The van der Waals surface area contributed by atoms with Gasteiger partial charge in [0.1, 0.15) is 10.6 Å². The van der Waals surface area contributed by atoms with Crippen LogP contribution in [0, 0.1) is 6.92 Å². The number of nitrogens with zero attached hydrogens (tertiary/aromatic N) is 5. The lowest BCUT2D eigenvalue weighted by Gasteiger charge is -2.17. The molecule has 5 aromatic rings. The van der Waals surface area contributed by atoms with E-state index in [1.165, 1.54) is 19.1 Å². The van der Waals surface area contributed by atoms with Gasteiger partial charge in [0.15, 0.2) is 5.75 Å². The molecule has 0 saturated carbocycles. The fraction of sp³-hybridized carbons (Fsp3) is 0.107. The van der Waals surface area contributed by atoms with Crippen LogP contribution in [0.1, 0.15) is 11.1 Å². The minimum absolute atomic E-state index is 0.0625. The molecule has 0 aliphatic heterocycles. The van der Waals surface area contributed by atoms with Crippen LogP contribution < -0.4 is 15.4 Å². The molecule has 1 aromatic heterocycles. The third kappa shape index (κ3) is 8.52. The van der Waals surface area contributed by atoms with Crippen molar-refractivity contribution in [3.05, 3.63) is 77.1 Å². The fourth-order valence-electron chi connectivity index (χ4n) is 4.71. The monoisotopic (exact) mass is 803 g/mol. The number of methoxy groups -OCH3 is 1. The van der Waals surface area contributed by atoms with E-state index >= 15 is 0 Å². The second-order valence-electron chi connectivity index (χ2n) is 10.5. The highest BCUT2D eigenvalue weighted by molar-refractivity contribution is 7.86. The quantitative estimate of drug-likeness (QED) is 0.0730. The number of aromatic nitrogens is 3. The maximum Gasteiger partial charge on any atom is 0.416 e. The lowest BCUT2D eigenvalue weighted by Crippen LogP contribution is -2.07. The molecule has 52 heavy (non-hydrogen) atoms. The molecule has 5 N–H and O–H groups in total. The SMILES string of the molecule is COc1c(N=Nc2ccc(C)c(C(F)(F)F)c2)c(S(=O)(=O)O)cc2cc(S(=O)(=O)O)cc(Nc3nc(Cl)nc(Nc4cccc(S(=O)(=O)O)c4)n3)c12. The Morgan fingerprint density at radius 2 is 1.44 bits per heavy atom. The molecule has 0 atom stereocenters. The number of nitrogens with one attached hydrogen (secondary N) is 2. The molecule has 4 aromatic carbocycles. The summed E-state index contributed by atoms with van der Waals surface area (Å²) in [6, 6.07) is 10.2. The van der Waals surface area contributed by atoms with Gasteiger partial charge in [-0.1, -0.05) is 12.1 Å². The summed E-state index contributed by atoms with van der Waals surface area (Å²) in [5, 5.41) is 11.9. The van der Waals surface area contributed by atoms with Gasteiger partial charge in [-0.3, -0.25) is 13.7 Å². The largest absolute Gasteiger partial charge is 0.494 e. The van der Waals surface area contributed by atoms with Crippen molar-refractivity contribution in [3.63, 3.8) is 0 Å². The van der Waals surface area contributed by atoms with E-state index in [4.69, 9.17) is 16.3 Å². The minimum Gasteiger partial charge on any atom is -0.494 e. The van der Waals surface area contributed by atoms with Crippen LogP contribution >= 0.6 is 11.6 Å². The van der Waals surface area contributed by atoms with E-state index in [-0.39, 0.29) is 39.3 Å². The molecule has 5 rings (SSSR count). The Kier molecular flexibility index (Phi) is 10.2. The number of hydrogen-bond acceptors (Lipinski definition) is 14. The number of alkyl halides is 3. The van der Waals surface area contributed by atoms with E-state index in [1.54, 1.807) is 0 Å². The van der Waals surface area contributed by atoms with Gasteiger partial charge < -0.3 is 15.4 Å². The predicted octanol–water partition coefficient (Wildman–Crippen LogP) is 6.66. The number of fused-ring (bicyclic) bond motifs is 1. The van der Waals surface area contributed by atoms with Crippen LogP contribution in [0.25, 0.3) is 10.8 Å². The maximum absolute atomic E-state index is 13.5. The van der Waals surface area contributed by atoms with Crippen molar-refractivity contribution in [1.82, 2.24) is 15.0 Å². The molecule has 0 amide bonds. The number of ether oxygens (including phenoxy) is 1. The van der Waals surface area contributed by atoms with Crippen molar-refractivity contribution in [2.45, 2.75) is 27.8 Å². The summed E-state index contributed by atoms with van der Waals surface area (Å²) in [4.78, 5) is 9.59. The first kappa shape index (κ1) is 38.2. The summed E-state index contributed by atoms with van der Waals surface area (Å²) in [5.74, 6) is -1.25. The number of azo groups is 1. The number of anilines is 4. The van der Waals surface area contributed by atoms with Gasteiger partial charge in [-0.15, -0.1) is 5.11 Å². The lowest BCUT2D eigenvalue weighted by atomic mass is 10.1. The second kappa shape index (κ2) is 13.8. The van der Waals surface area contributed by atoms with Crippen LogP contribution in [0.15, 0.2) is 85.6 Å². The summed E-state index contributed by atoms with van der Waals surface area (Å²) in [7, 11) is -13.8. The molecule has 24 heteroatoms. The van der Waals surface area contributed by atoms with E-state index in [2.05, 4.69) is 35.8 Å². The third-order valence-corrected chi connectivity index (χ3v) is 9.64. The van der Waals surface area contributed by atoms with Gasteiger partial charge in [0, 0.05) is 11.1 Å². The molecule has 17 nitrogen and oxygen atoms in total. The highest BCUT2D eigenvalue weighted by Gasteiger charge is 2.33. The Bertz CT molecular complexity index is 2630. The molecule has 0 unspecified atom stereocenters. The van der Waals surface area contributed by atoms with Crippen molar-refractivity contribution in [2.24, 2.45) is 10.2 Å². The molecule has 0 bridgehead atoms. The minimum atomic E-state index is -5.23. The Labute approximate surface area is 296 Å². The van der Waals surface area contributed by atoms with Gasteiger partial charge in [-0.05, 0) is 78.0 Å². The Hall–Kier alpha value is -5.04. The van der Waals surface area contributed by atoms with E-state index in [0.717, 1.165) is 49.6 Å². The summed E-state index contributed by atoms with van der Waals surface area (Å²) in [6.45, 7) is 1.21.